The molecule has 0 saturated heterocycles. The molecule has 2 rings (SSSR count). The molecule has 0 aliphatic rings. The Labute approximate surface area is 128 Å². The van der Waals surface area contributed by atoms with Crippen LogP contribution in [0.3, 0.4) is 0 Å². The lowest BCUT2D eigenvalue weighted by Gasteiger charge is -2.10. The third-order valence-corrected chi connectivity index (χ3v) is 3.49. The molecule has 1 atom stereocenters. The van der Waals surface area contributed by atoms with Gasteiger partial charge in [-0.05, 0) is 49.2 Å². The highest BCUT2D eigenvalue weighted by Crippen LogP contribution is 2.20. The number of carbonyl (C=O) groups excluding carboxylic acids is 1. The summed E-state index contributed by atoms with van der Waals surface area (Å²) in [5, 5.41) is 15.5. The Kier molecular flexibility index (Phi) is 4.83. The maximum atomic E-state index is 11.9. The van der Waals surface area contributed by atoms with Crippen molar-refractivity contribution < 1.29 is 9.90 Å². The normalized spacial score (nSPS) is 11.8. The number of benzene rings is 2. The van der Waals surface area contributed by atoms with Gasteiger partial charge in [0, 0.05) is 16.4 Å². The van der Waals surface area contributed by atoms with Gasteiger partial charge in [0.1, 0.15) is 0 Å². The summed E-state index contributed by atoms with van der Waals surface area (Å²) in [5.41, 5.74) is 3.03. The molecule has 0 radical (unpaired) electrons. The highest BCUT2D eigenvalue weighted by molar-refractivity contribution is 6.31. The average Bonchev–Trinajstić information content (AvgIpc) is 2.43. The standard InChI is InChI=1S/C16H17ClN2O2/c1-10-3-6-14(9-15(10)17)19-16(21)18-13-7-4-12(5-8-13)11(2)20/h3-9,11,20H,1-2H3,(H2,18,19,21). The van der Waals surface area contributed by atoms with Gasteiger partial charge in [-0.3, -0.25) is 0 Å². The van der Waals surface area contributed by atoms with Gasteiger partial charge in [0.2, 0.25) is 0 Å². The Balaban J connectivity index is 1.99. The zero-order valence-electron chi connectivity index (χ0n) is 11.9. The molecule has 0 aliphatic heterocycles. The molecule has 2 aromatic rings. The van der Waals surface area contributed by atoms with Crippen LogP contribution in [0.2, 0.25) is 5.02 Å². The fourth-order valence-corrected chi connectivity index (χ4v) is 1.99. The lowest BCUT2D eigenvalue weighted by molar-refractivity contribution is 0.199. The highest BCUT2D eigenvalue weighted by atomic mass is 35.5. The zero-order chi connectivity index (χ0) is 15.4. The van der Waals surface area contributed by atoms with Crippen LogP contribution >= 0.6 is 11.6 Å². The van der Waals surface area contributed by atoms with E-state index in [4.69, 9.17) is 11.6 Å². The van der Waals surface area contributed by atoms with Gasteiger partial charge in [0.05, 0.1) is 6.10 Å². The van der Waals surface area contributed by atoms with Crippen LogP contribution in [-0.4, -0.2) is 11.1 Å². The molecule has 3 N–H and O–H groups in total. The first kappa shape index (κ1) is 15.4. The lowest BCUT2D eigenvalue weighted by Crippen LogP contribution is -2.19. The average molecular weight is 305 g/mol. The summed E-state index contributed by atoms with van der Waals surface area (Å²) >= 11 is 6.01. The highest BCUT2D eigenvalue weighted by Gasteiger charge is 2.05. The van der Waals surface area contributed by atoms with Gasteiger partial charge >= 0.3 is 6.03 Å². The Morgan fingerprint density at radius 2 is 1.67 bits per heavy atom. The Morgan fingerprint density at radius 3 is 2.24 bits per heavy atom. The number of aryl methyl sites for hydroxylation is 1. The number of nitrogens with one attached hydrogen (secondary N) is 2. The van der Waals surface area contributed by atoms with E-state index in [1.165, 1.54) is 0 Å². The summed E-state index contributed by atoms with van der Waals surface area (Å²) < 4.78 is 0. The van der Waals surface area contributed by atoms with Crippen molar-refractivity contribution in [1.29, 1.82) is 0 Å². The fraction of sp³-hybridized carbons (Fsp3) is 0.188. The van der Waals surface area contributed by atoms with E-state index in [0.29, 0.717) is 16.4 Å². The largest absolute Gasteiger partial charge is 0.389 e. The minimum absolute atomic E-state index is 0.347. The van der Waals surface area contributed by atoms with Gasteiger partial charge in [-0.1, -0.05) is 29.8 Å². The van der Waals surface area contributed by atoms with Crippen molar-refractivity contribution in [2.45, 2.75) is 20.0 Å². The van der Waals surface area contributed by atoms with Gasteiger partial charge in [-0.2, -0.15) is 0 Å². The summed E-state index contributed by atoms with van der Waals surface area (Å²) in [4.78, 5) is 11.9. The van der Waals surface area contributed by atoms with Crippen molar-refractivity contribution in [2.75, 3.05) is 10.6 Å². The lowest BCUT2D eigenvalue weighted by atomic mass is 10.1. The van der Waals surface area contributed by atoms with E-state index in [1.807, 2.05) is 13.0 Å². The van der Waals surface area contributed by atoms with Crippen molar-refractivity contribution in [1.82, 2.24) is 0 Å². The van der Waals surface area contributed by atoms with E-state index in [1.54, 1.807) is 43.3 Å². The molecular formula is C16H17ClN2O2. The van der Waals surface area contributed by atoms with Crippen molar-refractivity contribution in [3.05, 3.63) is 58.6 Å². The summed E-state index contributed by atoms with van der Waals surface area (Å²) in [6, 6.07) is 12.0. The molecule has 2 amide bonds. The second kappa shape index (κ2) is 6.61. The predicted octanol–water partition coefficient (Wildman–Crippen LogP) is 4.35. The quantitative estimate of drug-likeness (QED) is 0.789. The molecule has 0 saturated carbocycles. The molecule has 4 nitrogen and oxygen atoms in total. The van der Waals surface area contributed by atoms with Crippen LogP contribution < -0.4 is 10.6 Å². The third kappa shape index (κ3) is 4.21. The molecule has 0 aliphatic carbocycles. The minimum atomic E-state index is -0.525. The number of hydrogen-bond donors (Lipinski definition) is 3. The number of urea groups is 1. The maximum Gasteiger partial charge on any atom is 0.323 e. The fourth-order valence-electron chi connectivity index (χ4n) is 1.81. The molecule has 0 heterocycles. The van der Waals surface area contributed by atoms with Crippen LogP contribution in [0.1, 0.15) is 24.2 Å². The van der Waals surface area contributed by atoms with E-state index in [2.05, 4.69) is 10.6 Å². The number of carbonyl (C=O) groups is 1. The second-order valence-corrected chi connectivity index (χ2v) is 5.25. The number of aliphatic hydroxyl groups excluding tert-OH is 1. The monoisotopic (exact) mass is 304 g/mol. The second-order valence-electron chi connectivity index (χ2n) is 4.84. The van der Waals surface area contributed by atoms with Crippen LogP contribution in [0.4, 0.5) is 16.2 Å². The summed E-state index contributed by atoms with van der Waals surface area (Å²) in [7, 11) is 0. The number of rotatable bonds is 3. The summed E-state index contributed by atoms with van der Waals surface area (Å²) in [5.74, 6) is 0. The number of anilines is 2. The van der Waals surface area contributed by atoms with Crippen LogP contribution in [-0.2, 0) is 0 Å². The Morgan fingerprint density at radius 1 is 1.10 bits per heavy atom. The van der Waals surface area contributed by atoms with E-state index < -0.39 is 6.10 Å². The van der Waals surface area contributed by atoms with Crippen LogP contribution in [0.25, 0.3) is 0 Å². The zero-order valence-corrected chi connectivity index (χ0v) is 12.6. The van der Waals surface area contributed by atoms with E-state index >= 15 is 0 Å². The Bertz CT molecular complexity index is 639. The van der Waals surface area contributed by atoms with Gasteiger partial charge < -0.3 is 15.7 Å². The van der Waals surface area contributed by atoms with Crippen LogP contribution in [0.5, 0.6) is 0 Å². The Hall–Kier alpha value is -2.04. The maximum absolute atomic E-state index is 11.9. The molecule has 0 spiro atoms. The molecule has 110 valence electrons. The van der Waals surface area contributed by atoms with Crippen LogP contribution in [0.15, 0.2) is 42.5 Å². The van der Waals surface area contributed by atoms with Crippen molar-refractivity contribution in [3.63, 3.8) is 0 Å². The smallest absolute Gasteiger partial charge is 0.323 e. The first-order chi connectivity index (χ1) is 9.95. The minimum Gasteiger partial charge on any atom is -0.389 e. The summed E-state index contributed by atoms with van der Waals surface area (Å²) in [6.07, 6.45) is -0.525. The number of amides is 2. The van der Waals surface area contributed by atoms with Gasteiger partial charge in [0.15, 0.2) is 0 Å². The molecule has 1 unspecified atom stereocenters. The molecule has 0 fully saturated rings. The number of hydrogen-bond acceptors (Lipinski definition) is 2. The topological polar surface area (TPSA) is 61.4 Å². The van der Waals surface area contributed by atoms with E-state index in [-0.39, 0.29) is 6.03 Å². The third-order valence-electron chi connectivity index (χ3n) is 3.08. The molecule has 0 bridgehead atoms. The van der Waals surface area contributed by atoms with Crippen molar-refractivity contribution >= 4 is 29.0 Å². The first-order valence-electron chi connectivity index (χ1n) is 6.58. The molecule has 0 aromatic heterocycles. The molecule has 5 heteroatoms. The molecule has 2 aromatic carbocycles. The number of halogens is 1. The van der Waals surface area contributed by atoms with Crippen LogP contribution in [0, 0.1) is 6.92 Å². The first-order valence-corrected chi connectivity index (χ1v) is 6.95. The van der Waals surface area contributed by atoms with Gasteiger partial charge in [-0.15, -0.1) is 0 Å². The van der Waals surface area contributed by atoms with E-state index in [0.717, 1.165) is 11.1 Å². The molecular weight excluding hydrogens is 288 g/mol. The van der Waals surface area contributed by atoms with Gasteiger partial charge in [0.25, 0.3) is 0 Å². The predicted molar refractivity (Wildman–Crippen MR) is 85.9 cm³/mol. The van der Waals surface area contributed by atoms with Crippen molar-refractivity contribution in [2.24, 2.45) is 0 Å². The molecule has 21 heavy (non-hydrogen) atoms. The van der Waals surface area contributed by atoms with E-state index in [9.17, 15) is 9.90 Å². The van der Waals surface area contributed by atoms with Gasteiger partial charge in [-0.25, -0.2) is 4.79 Å². The summed E-state index contributed by atoms with van der Waals surface area (Å²) in [6.45, 7) is 3.59. The van der Waals surface area contributed by atoms with Crippen molar-refractivity contribution in [3.8, 4) is 0 Å². The SMILES string of the molecule is Cc1ccc(NC(=O)Nc2ccc(C(C)O)cc2)cc1Cl. The number of aliphatic hydroxyl groups is 1.